The first-order valence-corrected chi connectivity index (χ1v) is 4.36. The van der Waals surface area contributed by atoms with Gasteiger partial charge in [-0.3, -0.25) is 0 Å². The van der Waals surface area contributed by atoms with Gasteiger partial charge in [-0.15, -0.1) is 0 Å². The Labute approximate surface area is 83.4 Å². The highest BCUT2D eigenvalue weighted by atomic mass is 14.6. The second-order valence-corrected chi connectivity index (χ2v) is 3.05. The van der Waals surface area contributed by atoms with E-state index in [9.17, 15) is 0 Å². The van der Waals surface area contributed by atoms with Gasteiger partial charge in [-0.25, -0.2) is 0 Å². The molecule has 0 amide bonds. The molecule has 0 heterocycles. The van der Waals surface area contributed by atoms with Gasteiger partial charge in [0.2, 0.25) is 0 Å². The monoisotopic (exact) mass is 185 g/mol. The van der Waals surface area contributed by atoms with Crippen LogP contribution in [-0.4, -0.2) is 0 Å². The lowest BCUT2D eigenvalue weighted by Gasteiger charge is -2.08. The molecular weight excluding hydrogens is 174 g/mol. The molecular formula is C11H11N3. The highest BCUT2D eigenvalue weighted by Crippen LogP contribution is 2.15. The molecule has 0 aliphatic carbocycles. The first-order chi connectivity index (χ1) is 6.77. The molecule has 1 aromatic rings. The van der Waals surface area contributed by atoms with Gasteiger partial charge < -0.3 is 5.73 Å². The molecule has 0 fully saturated rings. The summed E-state index contributed by atoms with van der Waals surface area (Å²) in [5, 5.41) is 17.0. The van der Waals surface area contributed by atoms with Crippen LogP contribution in [0.2, 0.25) is 0 Å². The third-order valence-corrected chi connectivity index (χ3v) is 1.97. The molecule has 0 spiro atoms. The Morgan fingerprint density at radius 3 is 2.71 bits per heavy atom. The predicted molar refractivity (Wildman–Crippen MR) is 52.9 cm³/mol. The fourth-order valence-corrected chi connectivity index (χ4v) is 1.24. The largest absolute Gasteiger partial charge is 0.323 e. The number of nitrogens with two attached hydrogens (primary N) is 1. The maximum absolute atomic E-state index is 8.52. The van der Waals surface area contributed by atoms with E-state index in [1.54, 1.807) is 0 Å². The van der Waals surface area contributed by atoms with Crippen molar-refractivity contribution >= 4 is 0 Å². The van der Waals surface area contributed by atoms with Crippen molar-refractivity contribution < 1.29 is 0 Å². The number of benzene rings is 1. The van der Waals surface area contributed by atoms with Crippen molar-refractivity contribution in [2.75, 3.05) is 0 Å². The Morgan fingerprint density at radius 1 is 1.29 bits per heavy atom. The van der Waals surface area contributed by atoms with E-state index >= 15 is 0 Å². The third kappa shape index (κ3) is 2.58. The molecule has 1 rings (SSSR count). The van der Waals surface area contributed by atoms with Crippen LogP contribution >= 0.6 is 0 Å². The minimum Gasteiger partial charge on any atom is -0.323 e. The number of hydrogen-bond acceptors (Lipinski definition) is 3. The molecule has 1 atom stereocenters. The summed E-state index contributed by atoms with van der Waals surface area (Å²) >= 11 is 0. The SMILES string of the molecule is N#CCc1cccc(C(N)CC#N)c1. The Balaban J connectivity index is 2.84. The van der Waals surface area contributed by atoms with Gasteiger partial charge in [0.25, 0.3) is 0 Å². The average molecular weight is 185 g/mol. The fraction of sp³-hybridized carbons (Fsp3) is 0.273. The van der Waals surface area contributed by atoms with Gasteiger partial charge in [-0.05, 0) is 11.1 Å². The molecule has 0 aromatic heterocycles. The van der Waals surface area contributed by atoms with Crippen molar-refractivity contribution in [1.82, 2.24) is 0 Å². The van der Waals surface area contributed by atoms with Crippen molar-refractivity contribution in [2.24, 2.45) is 5.73 Å². The Kier molecular flexibility index (Phi) is 3.67. The molecule has 3 nitrogen and oxygen atoms in total. The average Bonchev–Trinajstić information content (AvgIpc) is 2.19. The van der Waals surface area contributed by atoms with Gasteiger partial charge in [0, 0.05) is 6.04 Å². The summed E-state index contributed by atoms with van der Waals surface area (Å²) in [4.78, 5) is 0. The van der Waals surface area contributed by atoms with Crippen LogP contribution in [0.1, 0.15) is 23.6 Å². The zero-order valence-corrected chi connectivity index (χ0v) is 7.77. The smallest absolute Gasteiger partial charge is 0.0669 e. The second-order valence-electron chi connectivity index (χ2n) is 3.05. The molecule has 70 valence electrons. The summed E-state index contributed by atoms with van der Waals surface area (Å²) in [5.41, 5.74) is 7.62. The van der Waals surface area contributed by atoms with Crippen LogP contribution in [0, 0.1) is 22.7 Å². The van der Waals surface area contributed by atoms with Gasteiger partial charge in [0.1, 0.15) is 0 Å². The van der Waals surface area contributed by atoms with Crippen LogP contribution < -0.4 is 5.73 Å². The van der Waals surface area contributed by atoms with E-state index in [1.165, 1.54) is 0 Å². The summed E-state index contributed by atoms with van der Waals surface area (Å²) < 4.78 is 0. The number of hydrogen-bond donors (Lipinski definition) is 1. The molecule has 1 unspecified atom stereocenters. The molecule has 3 heteroatoms. The highest BCUT2D eigenvalue weighted by molar-refractivity contribution is 5.28. The second kappa shape index (κ2) is 5.01. The summed E-state index contributed by atoms with van der Waals surface area (Å²) in [6.07, 6.45) is 0.684. The van der Waals surface area contributed by atoms with Crippen molar-refractivity contribution in [3.8, 4) is 12.1 Å². The Bertz CT molecular complexity index is 384. The Hall–Kier alpha value is -1.84. The van der Waals surface area contributed by atoms with Gasteiger partial charge in [0.15, 0.2) is 0 Å². The van der Waals surface area contributed by atoms with Crippen LogP contribution in [0.4, 0.5) is 0 Å². The standard InChI is InChI=1S/C11H11N3/c12-6-4-9-2-1-3-10(8-9)11(14)5-7-13/h1-3,8,11H,4-5,14H2. The van der Waals surface area contributed by atoms with Crippen LogP contribution in [0.3, 0.4) is 0 Å². The van der Waals surface area contributed by atoms with Gasteiger partial charge >= 0.3 is 0 Å². The lowest BCUT2D eigenvalue weighted by atomic mass is 10.0. The third-order valence-electron chi connectivity index (χ3n) is 1.97. The van der Waals surface area contributed by atoms with Crippen LogP contribution in [-0.2, 0) is 6.42 Å². The summed E-state index contributed by atoms with van der Waals surface area (Å²) in [5.74, 6) is 0. The molecule has 0 saturated heterocycles. The fourth-order valence-electron chi connectivity index (χ4n) is 1.24. The minimum absolute atomic E-state index is 0.251. The van der Waals surface area contributed by atoms with Crippen molar-refractivity contribution in [2.45, 2.75) is 18.9 Å². The number of rotatable bonds is 3. The van der Waals surface area contributed by atoms with Gasteiger partial charge in [-0.2, -0.15) is 10.5 Å². The van der Waals surface area contributed by atoms with Crippen molar-refractivity contribution in [3.05, 3.63) is 35.4 Å². The molecule has 0 saturated carbocycles. The van der Waals surface area contributed by atoms with Gasteiger partial charge in [-0.1, -0.05) is 24.3 Å². The Morgan fingerprint density at radius 2 is 2.07 bits per heavy atom. The first kappa shape index (κ1) is 10.2. The highest BCUT2D eigenvalue weighted by Gasteiger charge is 2.05. The maximum atomic E-state index is 8.52. The molecule has 0 aliphatic heterocycles. The summed E-state index contributed by atoms with van der Waals surface area (Å²) in [7, 11) is 0. The summed E-state index contributed by atoms with van der Waals surface area (Å²) in [6, 6.07) is 11.4. The lowest BCUT2D eigenvalue weighted by Crippen LogP contribution is -2.09. The molecule has 0 radical (unpaired) electrons. The van der Waals surface area contributed by atoms with Crippen molar-refractivity contribution in [1.29, 1.82) is 10.5 Å². The topological polar surface area (TPSA) is 73.6 Å². The molecule has 1 aromatic carbocycles. The molecule has 0 bridgehead atoms. The number of nitrogens with zero attached hydrogens (tertiary/aromatic N) is 2. The van der Waals surface area contributed by atoms with Crippen LogP contribution in [0.5, 0.6) is 0 Å². The zero-order valence-electron chi connectivity index (χ0n) is 7.77. The predicted octanol–water partition coefficient (Wildman–Crippen LogP) is 1.67. The summed E-state index contributed by atoms with van der Waals surface area (Å²) in [6.45, 7) is 0. The maximum Gasteiger partial charge on any atom is 0.0669 e. The van der Waals surface area contributed by atoms with E-state index < -0.39 is 0 Å². The van der Waals surface area contributed by atoms with Crippen LogP contribution in [0.25, 0.3) is 0 Å². The first-order valence-electron chi connectivity index (χ1n) is 4.36. The van der Waals surface area contributed by atoms with E-state index in [-0.39, 0.29) is 6.04 Å². The van der Waals surface area contributed by atoms with Crippen LogP contribution in [0.15, 0.2) is 24.3 Å². The van der Waals surface area contributed by atoms with E-state index in [2.05, 4.69) is 6.07 Å². The van der Waals surface area contributed by atoms with E-state index in [4.69, 9.17) is 16.3 Å². The quantitative estimate of drug-likeness (QED) is 0.778. The normalized spacial score (nSPS) is 11.4. The lowest BCUT2D eigenvalue weighted by molar-refractivity contribution is 0.747. The van der Waals surface area contributed by atoms with Gasteiger partial charge in [0.05, 0.1) is 25.0 Å². The van der Waals surface area contributed by atoms with Crippen molar-refractivity contribution in [3.63, 3.8) is 0 Å². The number of nitriles is 2. The minimum atomic E-state index is -0.251. The molecule has 2 N–H and O–H groups in total. The van der Waals surface area contributed by atoms with E-state index in [0.29, 0.717) is 12.8 Å². The molecule has 14 heavy (non-hydrogen) atoms. The van der Waals surface area contributed by atoms with E-state index in [0.717, 1.165) is 11.1 Å². The van der Waals surface area contributed by atoms with E-state index in [1.807, 2.05) is 30.3 Å². The molecule has 0 aliphatic rings. The zero-order chi connectivity index (χ0) is 10.4.